The Hall–Kier alpha value is -1.99. The summed E-state index contributed by atoms with van der Waals surface area (Å²) in [6.07, 6.45) is 0. The standard InChI is InChI=1S/C10H14N2O5/c1-12-7(6(11)10(16)17)4-2-3-5(13)9(15)8(4)14/h2-3,6-7,12-15H,11H2,1H3,(H,16,17). The molecular weight excluding hydrogens is 228 g/mol. The van der Waals surface area contributed by atoms with Gasteiger partial charge < -0.3 is 31.5 Å². The van der Waals surface area contributed by atoms with Crippen LogP contribution in [0, 0.1) is 0 Å². The highest BCUT2D eigenvalue weighted by Crippen LogP contribution is 2.40. The third-order valence-corrected chi connectivity index (χ3v) is 2.45. The van der Waals surface area contributed by atoms with Crippen molar-refractivity contribution in [2.75, 3.05) is 7.05 Å². The van der Waals surface area contributed by atoms with Crippen LogP contribution in [-0.2, 0) is 4.79 Å². The van der Waals surface area contributed by atoms with Gasteiger partial charge in [0.25, 0.3) is 0 Å². The summed E-state index contributed by atoms with van der Waals surface area (Å²) in [5, 5.41) is 39.5. The van der Waals surface area contributed by atoms with Crippen molar-refractivity contribution in [2.45, 2.75) is 12.1 Å². The molecule has 0 saturated heterocycles. The molecule has 0 heterocycles. The van der Waals surface area contributed by atoms with Gasteiger partial charge >= 0.3 is 5.97 Å². The van der Waals surface area contributed by atoms with Gasteiger partial charge in [-0.15, -0.1) is 0 Å². The fourth-order valence-electron chi connectivity index (χ4n) is 1.51. The van der Waals surface area contributed by atoms with Gasteiger partial charge in [0.1, 0.15) is 6.04 Å². The molecule has 7 heteroatoms. The van der Waals surface area contributed by atoms with Crippen LogP contribution >= 0.6 is 0 Å². The quantitative estimate of drug-likeness (QED) is 0.391. The Morgan fingerprint density at radius 3 is 2.35 bits per heavy atom. The van der Waals surface area contributed by atoms with E-state index in [9.17, 15) is 15.0 Å². The number of nitrogens with two attached hydrogens (primary N) is 1. The van der Waals surface area contributed by atoms with Crippen molar-refractivity contribution in [3.05, 3.63) is 17.7 Å². The van der Waals surface area contributed by atoms with E-state index >= 15 is 0 Å². The minimum Gasteiger partial charge on any atom is -0.504 e. The predicted octanol–water partition coefficient (Wildman–Crippen LogP) is -0.524. The van der Waals surface area contributed by atoms with E-state index in [1.165, 1.54) is 13.1 Å². The number of phenols is 3. The van der Waals surface area contributed by atoms with Crippen LogP contribution in [-0.4, -0.2) is 39.5 Å². The molecule has 2 unspecified atom stereocenters. The largest absolute Gasteiger partial charge is 0.504 e. The first-order valence-corrected chi connectivity index (χ1v) is 4.79. The maximum atomic E-state index is 10.8. The summed E-state index contributed by atoms with van der Waals surface area (Å²) in [4.78, 5) is 10.8. The summed E-state index contributed by atoms with van der Waals surface area (Å²) in [5.74, 6) is -3.05. The molecule has 0 saturated carbocycles. The highest BCUT2D eigenvalue weighted by atomic mass is 16.4. The molecule has 0 spiro atoms. The van der Waals surface area contributed by atoms with Crippen molar-refractivity contribution in [3.8, 4) is 17.2 Å². The molecule has 7 N–H and O–H groups in total. The summed E-state index contributed by atoms with van der Waals surface area (Å²) in [6, 6.07) is 0.242. The number of rotatable bonds is 4. The van der Waals surface area contributed by atoms with Crippen LogP contribution < -0.4 is 11.1 Å². The SMILES string of the molecule is CNC(c1ccc(O)c(O)c1O)C(N)C(=O)O. The molecule has 0 fully saturated rings. The third-order valence-electron chi connectivity index (χ3n) is 2.45. The topological polar surface area (TPSA) is 136 Å². The fraction of sp³-hybridized carbons (Fsp3) is 0.300. The number of hydrogen-bond donors (Lipinski definition) is 6. The van der Waals surface area contributed by atoms with Crippen LogP contribution in [0.4, 0.5) is 0 Å². The molecule has 0 aliphatic rings. The molecule has 0 radical (unpaired) electrons. The first-order valence-electron chi connectivity index (χ1n) is 4.79. The van der Waals surface area contributed by atoms with E-state index in [4.69, 9.17) is 15.9 Å². The summed E-state index contributed by atoms with van der Waals surface area (Å²) < 4.78 is 0. The van der Waals surface area contributed by atoms with Crippen LogP contribution in [0.25, 0.3) is 0 Å². The normalized spacial score (nSPS) is 14.2. The summed E-state index contributed by atoms with van der Waals surface area (Å²) in [6.45, 7) is 0. The fourth-order valence-corrected chi connectivity index (χ4v) is 1.51. The second-order valence-corrected chi connectivity index (χ2v) is 3.50. The molecular formula is C10H14N2O5. The van der Waals surface area contributed by atoms with Crippen LogP contribution in [0.2, 0.25) is 0 Å². The van der Waals surface area contributed by atoms with Crippen LogP contribution in [0.3, 0.4) is 0 Å². The third kappa shape index (κ3) is 2.40. The van der Waals surface area contributed by atoms with E-state index in [1.54, 1.807) is 0 Å². The Kier molecular flexibility index (Phi) is 3.77. The molecule has 2 atom stereocenters. The maximum Gasteiger partial charge on any atom is 0.322 e. The number of phenolic OH excluding ortho intramolecular Hbond substituents is 3. The minimum absolute atomic E-state index is 0.0951. The molecule has 94 valence electrons. The Morgan fingerprint density at radius 1 is 1.29 bits per heavy atom. The van der Waals surface area contributed by atoms with Crippen LogP contribution in [0.1, 0.15) is 11.6 Å². The second-order valence-electron chi connectivity index (χ2n) is 3.50. The number of aromatic hydroxyl groups is 3. The molecule has 1 aromatic rings. The highest BCUT2D eigenvalue weighted by Gasteiger charge is 2.28. The Balaban J connectivity index is 3.22. The Bertz CT molecular complexity index is 435. The molecule has 0 aromatic heterocycles. The minimum atomic E-state index is -1.30. The van der Waals surface area contributed by atoms with Gasteiger partial charge in [-0.1, -0.05) is 0 Å². The number of carbonyl (C=O) groups is 1. The number of aliphatic carboxylic acids is 1. The van der Waals surface area contributed by atoms with Gasteiger partial charge in [-0.05, 0) is 19.2 Å². The molecule has 1 rings (SSSR count). The van der Waals surface area contributed by atoms with Crippen molar-refractivity contribution in [1.82, 2.24) is 5.32 Å². The molecule has 0 aliphatic heterocycles. The zero-order valence-corrected chi connectivity index (χ0v) is 9.08. The Labute approximate surface area is 97.1 Å². The molecule has 7 nitrogen and oxygen atoms in total. The van der Waals surface area contributed by atoms with E-state index < -0.39 is 35.3 Å². The van der Waals surface area contributed by atoms with E-state index in [-0.39, 0.29) is 5.56 Å². The molecule has 1 aromatic carbocycles. The van der Waals surface area contributed by atoms with E-state index in [0.717, 1.165) is 6.07 Å². The summed E-state index contributed by atoms with van der Waals surface area (Å²) in [7, 11) is 1.47. The summed E-state index contributed by atoms with van der Waals surface area (Å²) in [5.41, 5.74) is 5.54. The average Bonchev–Trinajstić information content (AvgIpc) is 2.29. The van der Waals surface area contributed by atoms with Gasteiger partial charge in [0.15, 0.2) is 11.5 Å². The molecule has 0 amide bonds. The average molecular weight is 242 g/mol. The lowest BCUT2D eigenvalue weighted by Crippen LogP contribution is -2.42. The monoisotopic (exact) mass is 242 g/mol. The van der Waals surface area contributed by atoms with Gasteiger partial charge in [0, 0.05) is 5.56 Å². The lowest BCUT2D eigenvalue weighted by Gasteiger charge is -2.21. The molecule has 17 heavy (non-hydrogen) atoms. The van der Waals surface area contributed by atoms with Crippen molar-refractivity contribution in [1.29, 1.82) is 0 Å². The first-order chi connectivity index (χ1) is 7.90. The van der Waals surface area contributed by atoms with Crippen molar-refractivity contribution < 1.29 is 25.2 Å². The number of likely N-dealkylation sites (N-methyl/N-ethyl adjacent to an activating group) is 1. The maximum absolute atomic E-state index is 10.8. The Morgan fingerprint density at radius 2 is 1.88 bits per heavy atom. The lowest BCUT2D eigenvalue weighted by molar-refractivity contribution is -0.139. The van der Waals surface area contributed by atoms with Gasteiger partial charge in [-0.25, -0.2) is 0 Å². The van der Waals surface area contributed by atoms with Gasteiger partial charge in [0.05, 0.1) is 6.04 Å². The number of benzene rings is 1. The second kappa shape index (κ2) is 4.89. The zero-order valence-electron chi connectivity index (χ0n) is 9.08. The van der Waals surface area contributed by atoms with Gasteiger partial charge in [-0.3, -0.25) is 4.79 Å². The van der Waals surface area contributed by atoms with E-state index in [0.29, 0.717) is 0 Å². The number of hydrogen-bond acceptors (Lipinski definition) is 6. The van der Waals surface area contributed by atoms with Crippen LogP contribution in [0.5, 0.6) is 17.2 Å². The zero-order chi connectivity index (χ0) is 13.2. The number of nitrogens with one attached hydrogen (secondary N) is 1. The highest BCUT2D eigenvalue weighted by molar-refractivity contribution is 5.75. The van der Waals surface area contributed by atoms with Crippen LogP contribution in [0.15, 0.2) is 12.1 Å². The number of carboxylic acid groups (broad SMARTS) is 1. The molecule has 0 aliphatic carbocycles. The summed E-state index contributed by atoms with van der Waals surface area (Å²) >= 11 is 0. The van der Waals surface area contributed by atoms with Crippen molar-refractivity contribution in [2.24, 2.45) is 5.73 Å². The van der Waals surface area contributed by atoms with Crippen molar-refractivity contribution in [3.63, 3.8) is 0 Å². The number of carboxylic acids is 1. The predicted molar refractivity (Wildman–Crippen MR) is 58.8 cm³/mol. The smallest absolute Gasteiger partial charge is 0.322 e. The van der Waals surface area contributed by atoms with E-state index in [2.05, 4.69) is 5.32 Å². The van der Waals surface area contributed by atoms with Gasteiger partial charge in [0.2, 0.25) is 5.75 Å². The first kappa shape index (κ1) is 13.1. The lowest BCUT2D eigenvalue weighted by atomic mass is 9.98. The van der Waals surface area contributed by atoms with Gasteiger partial charge in [-0.2, -0.15) is 0 Å². The van der Waals surface area contributed by atoms with Crippen molar-refractivity contribution >= 4 is 5.97 Å². The molecule has 0 bridgehead atoms. The van der Waals surface area contributed by atoms with E-state index in [1.807, 2.05) is 0 Å².